The Morgan fingerprint density at radius 1 is 1.28 bits per heavy atom. The van der Waals surface area contributed by atoms with Gasteiger partial charge in [-0.3, -0.25) is 4.79 Å². The minimum atomic E-state index is -1.44. The zero-order valence-corrected chi connectivity index (χ0v) is 11.4. The first-order chi connectivity index (χ1) is 8.31. The van der Waals surface area contributed by atoms with Crippen LogP contribution < -0.4 is 14.4 Å². The largest absolute Gasteiger partial charge is 0.497 e. The molecule has 1 rings (SSSR count). The van der Waals surface area contributed by atoms with Gasteiger partial charge in [0.2, 0.25) is 0 Å². The van der Waals surface area contributed by atoms with Crippen LogP contribution in [-0.2, 0) is 4.79 Å². The third-order valence-corrected chi connectivity index (χ3v) is 2.58. The van der Waals surface area contributed by atoms with E-state index in [0.717, 1.165) is 0 Å². The Hall–Kier alpha value is -1.75. The van der Waals surface area contributed by atoms with Crippen molar-refractivity contribution in [1.82, 2.24) is 0 Å². The van der Waals surface area contributed by atoms with Crippen LogP contribution in [0.3, 0.4) is 0 Å². The number of hydrogen-bond donors (Lipinski definition) is 1. The van der Waals surface area contributed by atoms with Crippen LogP contribution in [-0.4, -0.2) is 37.9 Å². The third-order valence-electron chi connectivity index (χ3n) is 2.58. The Labute approximate surface area is 107 Å². The summed E-state index contributed by atoms with van der Waals surface area (Å²) in [6.45, 7) is 2.89. The smallest absolute Gasteiger partial charge is 0.258 e. The van der Waals surface area contributed by atoms with Crippen LogP contribution in [0.4, 0.5) is 5.69 Å². The molecule has 0 spiro atoms. The number of nitrogens with zero attached hydrogens (tertiary/aromatic N) is 1. The van der Waals surface area contributed by atoms with E-state index < -0.39 is 11.5 Å². The molecule has 5 nitrogen and oxygen atoms in total. The molecule has 18 heavy (non-hydrogen) atoms. The van der Waals surface area contributed by atoms with E-state index in [-0.39, 0.29) is 0 Å². The molecule has 0 radical (unpaired) electrons. The lowest BCUT2D eigenvalue weighted by Gasteiger charge is -2.26. The Kier molecular flexibility index (Phi) is 4.19. The number of benzene rings is 1. The fourth-order valence-corrected chi connectivity index (χ4v) is 1.58. The zero-order valence-electron chi connectivity index (χ0n) is 11.4. The molecule has 0 saturated heterocycles. The number of likely N-dealkylation sites (N-methyl/N-ethyl adjacent to an activating group) is 1. The minimum absolute atomic E-state index is 0.422. The molecule has 0 unspecified atom stereocenters. The molecule has 5 heteroatoms. The van der Waals surface area contributed by atoms with E-state index >= 15 is 0 Å². The van der Waals surface area contributed by atoms with Crippen molar-refractivity contribution in [2.45, 2.75) is 19.4 Å². The topological polar surface area (TPSA) is 59.0 Å². The lowest BCUT2D eigenvalue weighted by atomic mass is 10.1. The Morgan fingerprint density at radius 3 is 2.33 bits per heavy atom. The van der Waals surface area contributed by atoms with Gasteiger partial charge in [0, 0.05) is 13.1 Å². The Bertz CT molecular complexity index is 437. The summed E-state index contributed by atoms with van der Waals surface area (Å²) in [5.74, 6) is 0.728. The van der Waals surface area contributed by atoms with Crippen LogP contribution in [0.15, 0.2) is 18.2 Å². The molecule has 0 bridgehead atoms. The van der Waals surface area contributed by atoms with Gasteiger partial charge in [-0.1, -0.05) is 0 Å². The molecule has 0 heterocycles. The van der Waals surface area contributed by atoms with Gasteiger partial charge in [-0.25, -0.2) is 0 Å². The number of ether oxygens (including phenoxy) is 2. The molecular formula is C13H19NO4. The summed E-state index contributed by atoms with van der Waals surface area (Å²) in [4.78, 5) is 13.4. The number of aliphatic hydroxyl groups is 1. The first-order valence-corrected chi connectivity index (χ1v) is 5.53. The van der Waals surface area contributed by atoms with Crippen molar-refractivity contribution < 1.29 is 19.4 Å². The molecule has 0 atom stereocenters. The van der Waals surface area contributed by atoms with Gasteiger partial charge >= 0.3 is 0 Å². The number of methoxy groups -OCH3 is 2. The SMILES string of the molecule is COc1ccc(OC)c(N(C)C(=O)C(C)(C)O)c1. The summed E-state index contributed by atoms with van der Waals surface area (Å²) < 4.78 is 10.3. The van der Waals surface area contributed by atoms with Crippen molar-refractivity contribution in [3.8, 4) is 11.5 Å². The van der Waals surface area contributed by atoms with E-state index in [4.69, 9.17) is 9.47 Å². The molecule has 0 fully saturated rings. The van der Waals surface area contributed by atoms with E-state index in [1.807, 2.05) is 0 Å². The van der Waals surface area contributed by atoms with Gasteiger partial charge in [-0.2, -0.15) is 0 Å². The first-order valence-electron chi connectivity index (χ1n) is 5.53. The van der Waals surface area contributed by atoms with E-state index in [1.165, 1.54) is 25.9 Å². The number of anilines is 1. The maximum Gasteiger partial charge on any atom is 0.258 e. The minimum Gasteiger partial charge on any atom is -0.497 e. The highest BCUT2D eigenvalue weighted by Crippen LogP contribution is 2.32. The highest BCUT2D eigenvalue weighted by atomic mass is 16.5. The zero-order chi connectivity index (χ0) is 13.9. The molecule has 1 aromatic rings. The molecule has 0 aliphatic rings. The second-order valence-corrected chi connectivity index (χ2v) is 4.46. The molecule has 100 valence electrons. The fourth-order valence-electron chi connectivity index (χ4n) is 1.58. The number of hydrogen-bond acceptors (Lipinski definition) is 4. The maximum atomic E-state index is 12.0. The average molecular weight is 253 g/mol. The van der Waals surface area contributed by atoms with E-state index in [9.17, 15) is 9.90 Å². The number of carbonyl (C=O) groups excluding carboxylic acids is 1. The number of rotatable bonds is 4. The monoisotopic (exact) mass is 253 g/mol. The third kappa shape index (κ3) is 2.92. The standard InChI is InChI=1S/C13H19NO4/c1-13(2,16)12(15)14(3)10-8-9(17-4)6-7-11(10)18-5/h6-8,16H,1-5H3. The summed E-state index contributed by atoms with van der Waals surface area (Å²) in [5.41, 5.74) is -0.896. The van der Waals surface area contributed by atoms with Crippen molar-refractivity contribution in [3.05, 3.63) is 18.2 Å². The molecule has 1 amide bonds. The summed E-state index contributed by atoms with van der Waals surface area (Å²) in [7, 11) is 4.65. The first kappa shape index (κ1) is 14.3. The van der Waals surface area contributed by atoms with E-state index in [1.54, 1.807) is 32.4 Å². The van der Waals surface area contributed by atoms with Crippen LogP contribution in [0.25, 0.3) is 0 Å². The number of carbonyl (C=O) groups is 1. The quantitative estimate of drug-likeness (QED) is 0.882. The molecule has 1 aromatic carbocycles. The second-order valence-electron chi connectivity index (χ2n) is 4.46. The Balaban J connectivity index is 3.18. The highest BCUT2D eigenvalue weighted by molar-refractivity contribution is 5.99. The van der Waals surface area contributed by atoms with Gasteiger partial charge < -0.3 is 19.5 Å². The number of amides is 1. The predicted octanol–water partition coefficient (Wildman–Crippen LogP) is 1.44. The van der Waals surface area contributed by atoms with E-state index in [2.05, 4.69) is 0 Å². The summed E-state index contributed by atoms with van der Waals surface area (Å²) in [6.07, 6.45) is 0. The van der Waals surface area contributed by atoms with Crippen LogP contribution in [0, 0.1) is 0 Å². The van der Waals surface area contributed by atoms with Crippen molar-refractivity contribution >= 4 is 11.6 Å². The van der Waals surface area contributed by atoms with Crippen molar-refractivity contribution in [1.29, 1.82) is 0 Å². The van der Waals surface area contributed by atoms with Gasteiger partial charge in [-0.15, -0.1) is 0 Å². The van der Waals surface area contributed by atoms with E-state index in [0.29, 0.717) is 17.2 Å². The van der Waals surface area contributed by atoms with Crippen LogP contribution in [0.1, 0.15) is 13.8 Å². The predicted molar refractivity (Wildman–Crippen MR) is 69.3 cm³/mol. The molecule has 0 aromatic heterocycles. The Morgan fingerprint density at radius 2 is 1.89 bits per heavy atom. The second kappa shape index (κ2) is 5.27. The lowest BCUT2D eigenvalue weighted by molar-refractivity contribution is -0.133. The van der Waals surface area contributed by atoms with Crippen molar-refractivity contribution in [2.24, 2.45) is 0 Å². The highest BCUT2D eigenvalue weighted by Gasteiger charge is 2.29. The average Bonchev–Trinajstić information content (AvgIpc) is 2.35. The molecule has 0 aliphatic heterocycles. The fraction of sp³-hybridized carbons (Fsp3) is 0.462. The lowest BCUT2D eigenvalue weighted by Crippen LogP contribution is -2.43. The van der Waals surface area contributed by atoms with Gasteiger partial charge in [0.25, 0.3) is 5.91 Å². The molecule has 0 saturated carbocycles. The normalized spacial score (nSPS) is 11.0. The molecular weight excluding hydrogens is 234 g/mol. The van der Waals surface area contributed by atoms with Gasteiger partial charge in [0.1, 0.15) is 17.1 Å². The van der Waals surface area contributed by atoms with Crippen molar-refractivity contribution in [3.63, 3.8) is 0 Å². The van der Waals surface area contributed by atoms with Crippen LogP contribution in [0.2, 0.25) is 0 Å². The molecule has 1 N–H and O–H groups in total. The van der Waals surface area contributed by atoms with Crippen molar-refractivity contribution in [2.75, 3.05) is 26.2 Å². The summed E-state index contributed by atoms with van der Waals surface area (Å²) in [5, 5.41) is 9.74. The molecule has 0 aliphatic carbocycles. The summed E-state index contributed by atoms with van der Waals surface area (Å²) >= 11 is 0. The maximum absolute atomic E-state index is 12.0. The van der Waals surface area contributed by atoms with Gasteiger partial charge in [0.15, 0.2) is 0 Å². The van der Waals surface area contributed by atoms with Crippen LogP contribution in [0.5, 0.6) is 11.5 Å². The van der Waals surface area contributed by atoms with Crippen LogP contribution >= 0.6 is 0 Å². The summed E-state index contributed by atoms with van der Waals surface area (Å²) in [6, 6.07) is 5.13. The van der Waals surface area contributed by atoms with Gasteiger partial charge in [0.05, 0.1) is 19.9 Å². The van der Waals surface area contributed by atoms with Gasteiger partial charge in [-0.05, 0) is 26.0 Å².